The molecule has 0 amide bonds. The third-order valence-electron chi connectivity index (χ3n) is 3.24. The first kappa shape index (κ1) is 13.2. The van der Waals surface area contributed by atoms with E-state index in [1.807, 2.05) is 0 Å². The number of aromatic nitrogens is 4. The van der Waals surface area contributed by atoms with Crippen molar-refractivity contribution in [3.8, 4) is 0 Å². The summed E-state index contributed by atoms with van der Waals surface area (Å²) in [5.41, 5.74) is -0.0445. The molecule has 4 rings (SSSR count). The molecule has 20 heavy (non-hydrogen) atoms. The number of hydrogen-bond acceptors (Lipinski definition) is 4. The van der Waals surface area contributed by atoms with E-state index in [9.17, 15) is 4.79 Å². The molecule has 0 unspecified atom stereocenters. The lowest BCUT2D eigenvalue weighted by atomic mass is 10.4. The minimum atomic E-state index is -0.0445. The Kier molecular flexibility index (Phi) is 3.78. The van der Waals surface area contributed by atoms with Crippen molar-refractivity contribution in [3.63, 3.8) is 0 Å². The van der Waals surface area contributed by atoms with E-state index in [0.29, 0.717) is 17.0 Å². The third kappa shape index (κ3) is 3.63. The molecule has 0 bridgehead atoms. The summed E-state index contributed by atoms with van der Waals surface area (Å²) in [5.74, 6) is 2.90. The van der Waals surface area contributed by atoms with Crippen LogP contribution in [0, 0.1) is 0 Å². The van der Waals surface area contributed by atoms with Gasteiger partial charge in [-0.2, -0.15) is 0 Å². The Balaban J connectivity index is 0.000000121. The number of rotatable bonds is 2. The fraction of sp³-hybridized carbons (Fsp3) is 0.429. The Bertz CT molecular complexity index is 649. The van der Waals surface area contributed by atoms with E-state index in [2.05, 4.69) is 19.9 Å². The Hall–Kier alpha value is -1.75. The SMILES string of the molecule is Clc1ccnc(C2CC2)n1.O=c1ccnc(C2CC2)[nH]1. The van der Waals surface area contributed by atoms with Crippen molar-refractivity contribution in [2.75, 3.05) is 0 Å². The normalized spacial score (nSPS) is 17.2. The molecule has 2 aliphatic carbocycles. The van der Waals surface area contributed by atoms with Crippen molar-refractivity contribution in [3.05, 3.63) is 51.7 Å². The van der Waals surface area contributed by atoms with Gasteiger partial charge < -0.3 is 4.98 Å². The Labute approximate surface area is 121 Å². The molecule has 0 spiro atoms. The molecule has 2 heterocycles. The van der Waals surface area contributed by atoms with Crippen LogP contribution in [-0.2, 0) is 0 Å². The highest BCUT2D eigenvalue weighted by atomic mass is 35.5. The van der Waals surface area contributed by atoms with E-state index in [1.165, 1.54) is 31.7 Å². The molecule has 6 heteroatoms. The van der Waals surface area contributed by atoms with Crippen molar-refractivity contribution >= 4 is 11.6 Å². The van der Waals surface area contributed by atoms with E-state index >= 15 is 0 Å². The molecule has 0 aromatic carbocycles. The molecule has 2 aromatic heterocycles. The van der Waals surface area contributed by atoms with Crippen LogP contribution in [0.5, 0.6) is 0 Å². The van der Waals surface area contributed by atoms with Crippen LogP contribution in [0.2, 0.25) is 5.15 Å². The van der Waals surface area contributed by atoms with Crippen LogP contribution >= 0.6 is 11.6 Å². The minimum Gasteiger partial charge on any atom is -0.310 e. The Morgan fingerprint density at radius 3 is 2.35 bits per heavy atom. The number of nitrogens with one attached hydrogen (secondary N) is 1. The van der Waals surface area contributed by atoms with Gasteiger partial charge in [0.15, 0.2) is 0 Å². The van der Waals surface area contributed by atoms with Crippen LogP contribution in [0.1, 0.15) is 49.2 Å². The summed E-state index contributed by atoms with van der Waals surface area (Å²) in [7, 11) is 0. The van der Waals surface area contributed by atoms with Gasteiger partial charge in [-0.1, -0.05) is 11.6 Å². The third-order valence-corrected chi connectivity index (χ3v) is 3.45. The fourth-order valence-electron chi connectivity index (χ4n) is 1.84. The highest BCUT2D eigenvalue weighted by Crippen LogP contribution is 2.38. The summed E-state index contributed by atoms with van der Waals surface area (Å²) in [6.45, 7) is 0. The van der Waals surface area contributed by atoms with Crippen molar-refractivity contribution in [2.24, 2.45) is 0 Å². The highest BCUT2D eigenvalue weighted by Gasteiger charge is 2.26. The number of aromatic amines is 1. The second-order valence-electron chi connectivity index (χ2n) is 5.11. The van der Waals surface area contributed by atoms with Gasteiger partial charge in [0.25, 0.3) is 5.56 Å². The number of nitrogens with zero attached hydrogens (tertiary/aromatic N) is 3. The van der Waals surface area contributed by atoms with Crippen molar-refractivity contribution in [1.82, 2.24) is 19.9 Å². The van der Waals surface area contributed by atoms with E-state index in [0.717, 1.165) is 11.6 Å². The first-order chi connectivity index (χ1) is 9.72. The zero-order chi connectivity index (χ0) is 13.9. The summed E-state index contributed by atoms with van der Waals surface area (Å²) in [6.07, 6.45) is 8.07. The summed E-state index contributed by atoms with van der Waals surface area (Å²) >= 11 is 5.67. The van der Waals surface area contributed by atoms with Crippen LogP contribution in [0.25, 0.3) is 0 Å². The van der Waals surface area contributed by atoms with Crippen molar-refractivity contribution in [1.29, 1.82) is 0 Å². The van der Waals surface area contributed by atoms with Gasteiger partial charge in [-0.25, -0.2) is 15.0 Å². The average Bonchev–Trinajstić information content (AvgIpc) is 3.31. The van der Waals surface area contributed by atoms with Gasteiger partial charge in [0, 0.05) is 30.3 Å². The van der Waals surface area contributed by atoms with Crippen molar-refractivity contribution in [2.45, 2.75) is 37.5 Å². The maximum Gasteiger partial charge on any atom is 0.250 e. The van der Waals surface area contributed by atoms with Gasteiger partial charge in [0.2, 0.25) is 0 Å². The monoisotopic (exact) mass is 290 g/mol. The molecular weight excluding hydrogens is 276 g/mol. The second kappa shape index (κ2) is 5.71. The van der Waals surface area contributed by atoms with E-state index < -0.39 is 0 Å². The molecule has 2 saturated carbocycles. The highest BCUT2D eigenvalue weighted by molar-refractivity contribution is 6.29. The summed E-state index contributed by atoms with van der Waals surface area (Å²) in [5, 5.41) is 0.553. The summed E-state index contributed by atoms with van der Waals surface area (Å²) in [4.78, 5) is 25.7. The number of hydrogen-bond donors (Lipinski definition) is 1. The lowest BCUT2D eigenvalue weighted by Crippen LogP contribution is -2.07. The molecule has 0 aliphatic heterocycles. The van der Waals surface area contributed by atoms with Crippen LogP contribution in [0.3, 0.4) is 0 Å². The summed E-state index contributed by atoms with van der Waals surface area (Å²) in [6, 6.07) is 3.14. The van der Waals surface area contributed by atoms with Gasteiger partial charge in [-0.15, -0.1) is 0 Å². The zero-order valence-corrected chi connectivity index (χ0v) is 11.7. The molecular formula is C14H15ClN4O. The quantitative estimate of drug-likeness (QED) is 0.863. The predicted molar refractivity (Wildman–Crippen MR) is 75.8 cm³/mol. The van der Waals surface area contributed by atoms with Gasteiger partial charge in [-0.3, -0.25) is 4.79 Å². The molecule has 2 fully saturated rings. The predicted octanol–water partition coefficient (Wildman–Crippen LogP) is 2.65. The smallest absolute Gasteiger partial charge is 0.250 e. The molecule has 0 saturated heterocycles. The molecule has 2 aliphatic rings. The first-order valence-corrected chi connectivity index (χ1v) is 7.14. The molecule has 1 N–H and O–H groups in total. The molecule has 104 valence electrons. The standard InChI is InChI=1S/C7H7ClN2.C7H8N2O/c8-6-3-4-9-7(10-6)5-1-2-5;10-6-3-4-8-7(9-6)5-1-2-5/h3-5H,1-2H2;3-5H,1-2H2,(H,8,9,10). The van der Waals surface area contributed by atoms with Crippen molar-refractivity contribution < 1.29 is 0 Å². The lowest BCUT2D eigenvalue weighted by molar-refractivity contribution is 0.908. The van der Waals surface area contributed by atoms with Crippen LogP contribution in [0.4, 0.5) is 0 Å². The van der Waals surface area contributed by atoms with Gasteiger partial charge in [0.05, 0.1) is 0 Å². The van der Waals surface area contributed by atoms with Gasteiger partial charge in [-0.05, 0) is 31.7 Å². The van der Waals surface area contributed by atoms with Gasteiger partial charge in [0.1, 0.15) is 16.8 Å². The Morgan fingerprint density at radius 1 is 1.05 bits per heavy atom. The molecule has 0 atom stereocenters. The zero-order valence-electron chi connectivity index (χ0n) is 10.9. The first-order valence-electron chi connectivity index (χ1n) is 6.76. The van der Waals surface area contributed by atoms with Crippen LogP contribution in [0.15, 0.2) is 29.3 Å². The maximum atomic E-state index is 10.7. The largest absolute Gasteiger partial charge is 0.310 e. The van der Waals surface area contributed by atoms with E-state index in [1.54, 1.807) is 18.5 Å². The average molecular weight is 291 g/mol. The number of halogens is 1. The topological polar surface area (TPSA) is 71.5 Å². The molecule has 5 nitrogen and oxygen atoms in total. The number of H-pyrrole nitrogens is 1. The lowest BCUT2D eigenvalue weighted by Gasteiger charge is -1.93. The molecule has 2 aromatic rings. The maximum absolute atomic E-state index is 10.7. The second-order valence-corrected chi connectivity index (χ2v) is 5.49. The Morgan fingerprint density at radius 2 is 1.75 bits per heavy atom. The molecule has 0 radical (unpaired) electrons. The van der Waals surface area contributed by atoms with E-state index in [4.69, 9.17) is 11.6 Å². The fourth-order valence-corrected chi connectivity index (χ4v) is 1.98. The van der Waals surface area contributed by atoms with Gasteiger partial charge >= 0.3 is 0 Å². The van der Waals surface area contributed by atoms with Crippen LogP contribution in [-0.4, -0.2) is 19.9 Å². The van der Waals surface area contributed by atoms with E-state index in [-0.39, 0.29) is 5.56 Å². The summed E-state index contributed by atoms with van der Waals surface area (Å²) < 4.78 is 0. The van der Waals surface area contributed by atoms with Crippen LogP contribution < -0.4 is 5.56 Å². The minimum absolute atomic E-state index is 0.0445.